The first-order valence-corrected chi connectivity index (χ1v) is 4.73. The van der Waals surface area contributed by atoms with E-state index in [9.17, 15) is 0 Å². The van der Waals surface area contributed by atoms with Crippen LogP contribution in [0.25, 0.3) is 0 Å². The molecule has 0 aromatic carbocycles. The highest BCUT2D eigenvalue weighted by Gasteiger charge is 2.49. The van der Waals surface area contributed by atoms with Gasteiger partial charge in [0.15, 0.2) is 0 Å². The molecule has 0 bridgehead atoms. The van der Waals surface area contributed by atoms with Crippen LogP contribution < -0.4 is 0 Å². The van der Waals surface area contributed by atoms with Crippen molar-refractivity contribution in [1.82, 2.24) is 4.90 Å². The van der Waals surface area contributed by atoms with Crippen LogP contribution in [0.5, 0.6) is 0 Å². The number of ether oxygens (including phenoxy) is 1. The van der Waals surface area contributed by atoms with Gasteiger partial charge < -0.3 is 9.64 Å². The lowest BCUT2D eigenvalue weighted by atomic mass is 9.78. The predicted molar refractivity (Wildman–Crippen MR) is 48.8 cm³/mol. The van der Waals surface area contributed by atoms with Crippen LogP contribution >= 0.6 is 0 Å². The summed E-state index contributed by atoms with van der Waals surface area (Å²) in [6.45, 7) is 5.83. The lowest BCUT2D eigenvalue weighted by Gasteiger charge is -2.55. The van der Waals surface area contributed by atoms with Crippen LogP contribution in [0.3, 0.4) is 0 Å². The van der Waals surface area contributed by atoms with Crippen molar-refractivity contribution in [2.75, 3.05) is 26.3 Å². The molecule has 3 nitrogen and oxygen atoms in total. The zero-order valence-electron chi connectivity index (χ0n) is 7.92. The Bertz CT molecular complexity index is 265. The molecule has 0 aliphatic carbocycles. The number of rotatable bonds is 2. The fraction of sp³-hybridized carbons (Fsp3) is 0.700. The summed E-state index contributed by atoms with van der Waals surface area (Å²) in [7, 11) is 0. The summed E-state index contributed by atoms with van der Waals surface area (Å²) in [5, 5.41) is 8.86. The second-order valence-electron chi connectivity index (χ2n) is 3.96. The summed E-state index contributed by atoms with van der Waals surface area (Å²) >= 11 is 0. The van der Waals surface area contributed by atoms with Gasteiger partial charge >= 0.3 is 0 Å². The highest BCUT2D eigenvalue weighted by molar-refractivity contribution is 5.23. The number of nitriles is 1. The quantitative estimate of drug-likeness (QED) is 0.595. The maximum absolute atomic E-state index is 8.86. The number of nitrogens with zero attached hydrogens (tertiary/aromatic N) is 2. The molecule has 1 spiro atoms. The number of allylic oxidation sites excluding steroid dienone is 2. The molecule has 2 saturated heterocycles. The minimum atomic E-state index is 0.406. The minimum absolute atomic E-state index is 0.406. The number of hydrogen-bond donors (Lipinski definition) is 0. The molecule has 0 radical (unpaired) electrons. The largest absolute Gasteiger partial charge is 0.380 e. The average molecular weight is 178 g/mol. The Morgan fingerprint density at radius 2 is 2.31 bits per heavy atom. The molecule has 2 fully saturated rings. The molecule has 2 rings (SSSR count). The van der Waals surface area contributed by atoms with Gasteiger partial charge in [-0.2, -0.15) is 5.26 Å². The van der Waals surface area contributed by atoms with E-state index in [0.717, 1.165) is 38.4 Å². The van der Waals surface area contributed by atoms with Gasteiger partial charge in [-0.15, -0.1) is 0 Å². The van der Waals surface area contributed by atoms with Gasteiger partial charge in [-0.05, 0) is 6.42 Å². The van der Waals surface area contributed by atoms with Gasteiger partial charge in [0.05, 0.1) is 18.6 Å². The van der Waals surface area contributed by atoms with Crippen LogP contribution in [-0.2, 0) is 4.74 Å². The van der Waals surface area contributed by atoms with E-state index in [1.807, 2.05) is 6.08 Å². The van der Waals surface area contributed by atoms with E-state index in [1.165, 1.54) is 0 Å². The average Bonchev–Trinajstić information content (AvgIpc) is 1.97. The Kier molecular flexibility index (Phi) is 2.01. The van der Waals surface area contributed by atoms with Gasteiger partial charge in [-0.3, -0.25) is 0 Å². The zero-order chi connectivity index (χ0) is 9.31. The molecule has 2 heterocycles. The number of hydrogen-bond acceptors (Lipinski definition) is 3. The van der Waals surface area contributed by atoms with Crippen molar-refractivity contribution in [2.45, 2.75) is 13.3 Å². The molecule has 0 atom stereocenters. The maximum Gasteiger partial charge on any atom is 0.117 e. The van der Waals surface area contributed by atoms with Crippen molar-refractivity contribution in [3.63, 3.8) is 0 Å². The van der Waals surface area contributed by atoms with E-state index in [4.69, 9.17) is 10.00 Å². The Hall–Kier alpha value is -1.01. The second kappa shape index (κ2) is 3.04. The Balaban J connectivity index is 1.91. The molecular formula is C10H14N2O. The van der Waals surface area contributed by atoms with Gasteiger partial charge in [0.2, 0.25) is 0 Å². The molecule has 0 amide bonds. The second-order valence-corrected chi connectivity index (χ2v) is 3.96. The first kappa shape index (κ1) is 8.58. The summed E-state index contributed by atoms with van der Waals surface area (Å²) in [4.78, 5) is 2.14. The SMILES string of the molecule is CCC=C(C#N)N1CC2(COC2)C1. The van der Waals surface area contributed by atoms with Crippen LogP contribution in [0.1, 0.15) is 13.3 Å². The minimum Gasteiger partial charge on any atom is -0.380 e. The van der Waals surface area contributed by atoms with Crippen molar-refractivity contribution in [3.05, 3.63) is 11.8 Å². The van der Waals surface area contributed by atoms with Crippen molar-refractivity contribution in [1.29, 1.82) is 5.26 Å². The Morgan fingerprint density at radius 1 is 1.62 bits per heavy atom. The monoisotopic (exact) mass is 178 g/mol. The van der Waals surface area contributed by atoms with E-state index in [-0.39, 0.29) is 0 Å². The summed E-state index contributed by atoms with van der Waals surface area (Å²) in [6, 6.07) is 2.24. The lowest BCUT2D eigenvalue weighted by molar-refractivity contribution is -0.178. The molecule has 3 heteroatoms. The van der Waals surface area contributed by atoms with Gasteiger partial charge in [-0.1, -0.05) is 13.0 Å². The van der Waals surface area contributed by atoms with E-state index < -0.39 is 0 Å². The summed E-state index contributed by atoms with van der Waals surface area (Å²) in [5.74, 6) is 0. The van der Waals surface area contributed by atoms with Crippen molar-refractivity contribution in [2.24, 2.45) is 5.41 Å². The summed E-state index contributed by atoms with van der Waals surface area (Å²) in [6.07, 6.45) is 2.93. The highest BCUT2D eigenvalue weighted by atomic mass is 16.5. The third kappa shape index (κ3) is 1.31. The van der Waals surface area contributed by atoms with Crippen LogP contribution in [0.2, 0.25) is 0 Å². The molecule has 0 aromatic rings. The van der Waals surface area contributed by atoms with Crippen LogP contribution in [0, 0.1) is 16.7 Å². The molecule has 70 valence electrons. The fourth-order valence-corrected chi connectivity index (χ4v) is 1.95. The Morgan fingerprint density at radius 3 is 2.69 bits per heavy atom. The molecule has 0 N–H and O–H groups in total. The standard InChI is InChI=1S/C10H14N2O/c1-2-3-9(4-11)12-5-10(6-12)7-13-8-10/h3H,2,5-8H2,1H3. The first-order chi connectivity index (χ1) is 6.29. The molecule has 0 saturated carbocycles. The van der Waals surface area contributed by atoms with E-state index in [2.05, 4.69) is 17.9 Å². The van der Waals surface area contributed by atoms with Gasteiger partial charge in [-0.25, -0.2) is 0 Å². The van der Waals surface area contributed by atoms with Crippen molar-refractivity contribution in [3.8, 4) is 6.07 Å². The van der Waals surface area contributed by atoms with Crippen LogP contribution in [0.15, 0.2) is 11.8 Å². The van der Waals surface area contributed by atoms with Crippen molar-refractivity contribution >= 4 is 0 Å². The van der Waals surface area contributed by atoms with Crippen molar-refractivity contribution < 1.29 is 4.74 Å². The predicted octanol–water partition coefficient (Wildman–Crippen LogP) is 1.14. The van der Waals surface area contributed by atoms with E-state index in [0.29, 0.717) is 5.41 Å². The fourth-order valence-electron chi connectivity index (χ4n) is 1.95. The molecule has 13 heavy (non-hydrogen) atoms. The topological polar surface area (TPSA) is 36.3 Å². The van der Waals surface area contributed by atoms with Gasteiger partial charge in [0, 0.05) is 13.1 Å². The molecule has 0 unspecified atom stereocenters. The third-order valence-electron chi connectivity index (χ3n) is 2.72. The Labute approximate surface area is 78.6 Å². The normalized spacial score (nSPS) is 24.9. The van der Waals surface area contributed by atoms with E-state index >= 15 is 0 Å². The third-order valence-corrected chi connectivity index (χ3v) is 2.72. The zero-order valence-corrected chi connectivity index (χ0v) is 7.92. The smallest absolute Gasteiger partial charge is 0.117 e. The lowest BCUT2D eigenvalue weighted by Crippen LogP contribution is -2.65. The first-order valence-electron chi connectivity index (χ1n) is 4.73. The van der Waals surface area contributed by atoms with Gasteiger partial charge in [0.1, 0.15) is 11.8 Å². The number of likely N-dealkylation sites (tertiary alicyclic amines) is 1. The van der Waals surface area contributed by atoms with Gasteiger partial charge in [0.25, 0.3) is 0 Å². The molecule has 2 aliphatic heterocycles. The summed E-state index contributed by atoms with van der Waals surface area (Å²) < 4.78 is 5.17. The van der Waals surface area contributed by atoms with Crippen LogP contribution in [-0.4, -0.2) is 31.2 Å². The highest BCUT2D eigenvalue weighted by Crippen LogP contribution is 2.39. The summed E-state index contributed by atoms with van der Waals surface area (Å²) in [5.41, 5.74) is 1.24. The molecule has 0 aromatic heterocycles. The van der Waals surface area contributed by atoms with E-state index in [1.54, 1.807) is 0 Å². The van der Waals surface area contributed by atoms with Crippen LogP contribution in [0.4, 0.5) is 0 Å². The maximum atomic E-state index is 8.86. The molecular weight excluding hydrogens is 164 g/mol. The molecule has 2 aliphatic rings.